The molecule has 1 N–H and O–H groups in total. The maximum atomic E-state index is 4.12. The Balaban J connectivity index is 1.49. The first-order chi connectivity index (χ1) is 10.3. The molecule has 0 radical (unpaired) electrons. The Morgan fingerprint density at radius 3 is 2.71 bits per heavy atom. The lowest BCUT2D eigenvalue weighted by atomic mass is 9.98. The molecule has 4 rings (SSSR count). The van der Waals surface area contributed by atoms with E-state index in [-0.39, 0.29) is 0 Å². The number of nitrogens with zero attached hydrogens (tertiary/aromatic N) is 3. The summed E-state index contributed by atoms with van der Waals surface area (Å²) >= 11 is 0. The molecule has 0 saturated carbocycles. The molecule has 2 aliphatic heterocycles. The van der Waals surface area contributed by atoms with Crippen LogP contribution in [0.3, 0.4) is 0 Å². The topological polar surface area (TPSA) is 33.1 Å². The number of benzene rings is 1. The van der Waals surface area contributed by atoms with Crippen molar-refractivity contribution in [3.63, 3.8) is 0 Å². The standard InChI is InChI=1S/C17H22N4/c1-20-15-5-6-16(20)11-14(10-15)19-13-3-2-4-17(9-13)21-8-7-18-12-21/h2-4,7-9,12,14-16,19H,5-6,10-11H2,1H3. The van der Waals surface area contributed by atoms with Crippen LogP contribution < -0.4 is 5.32 Å². The fourth-order valence-corrected chi connectivity index (χ4v) is 3.93. The molecule has 0 amide bonds. The van der Waals surface area contributed by atoms with Crippen molar-refractivity contribution in [2.75, 3.05) is 12.4 Å². The van der Waals surface area contributed by atoms with E-state index in [0.29, 0.717) is 6.04 Å². The van der Waals surface area contributed by atoms with Gasteiger partial charge in [0.25, 0.3) is 0 Å². The molecule has 4 nitrogen and oxygen atoms in total. The van der Waals surface area contributed by atoms with E-state index in [1.807, 2.05) is 23.3 Å². The summed E-state index contributed by atoms with van der Waals surface area (Å²) in [5.74, 6) is 0. The average Bonchev–Trinajstić information content (AvgIpc) is 3.08. The van der Waals surface area contributed by atoms with E-state index in [4.69, 9.17) is 0 Å². The Morgan fingerprint density at radius 2 is 2.00 bits per heavy atom. The number of piperidine rings is 1. The highest BCUT2D eigenvalue weighted by atomic mass is 15.2. The second-order valence-corrected chi connectivity index (χ2v) is 6.38. The number of rotatable bonds is 3. The van der Waals surface area contributed by atoms with Crippen molar-refractivity contribution in [2.24, 2.45) is 0 Å². The highest BCUT2D eigenvalue weighted by Gasteiger charge is 2.38. The molecule has 0 aliphatic carbocycles. The van der Waals surface area contributed by atoms with Crippen molar-refractivity contribution >= 4 is 5.69 Å². The summed E-state index contributed by atoms with van der Waals surface area (Å²) in [5, 5.41) is 3.74. The second kappa shape index (κ2) is 5.19. The van der Waals surface area contributed by atoms with Crippen molar-refractivity contribution in [3.8, 4) is 5.69 Å². The number of fused-ring (bicyclic) bond motifs is 2. The van der Waals surface area contributed by atoms with Gasteiger partial charge in [0.05, 0.1) is 6.33 Å². The quantitative estimate of drug-likeness (QED) is 0.939. The van der Waals surface area contributed by atoms with Crippen molar-refractivity contribution in [1.82, 2.24) is 14.5 Å². The van der Waals surface area contributed by atoms with Gasteiger partial charge in [-0.3, -0.25) is 0 Å². The van der Waals surface area contributed by atoms with Crippen LogP contribution in [0, 0.1) is 0 Å². The third-order valence-corrected chi connectivity index (χ3v) is 5.12. The Morgan fingerprint density at radius 1 is 1.19 bits per heavy atom. The highest BCUT2D eigenvalue weighted by molar-refractivity contribution is 5.51. The molecular weight excluding hydrogens is 260 g/mol. The van der Waals surface area contributed by atoms with Crippen LogP contribution in [0.5, 0.6) is 0 Å². The Kier molecular flexibility index (Phi) is 3.19. The van der Waals surface area contributed by atoms with Crippen LogP contribution in [0.2, 0.25) is 0 Å². The zero-order chi connectivity index (χ0) is 14.2. The minimum absolute atomic E-state index is 0.608. The van der Waals surface area contributed by atoms with Crippen LogP contribution >= 0.6 is 0 Å². The minimum Gasteiger partial charge on any atom is -0.382 e. The highest BCUT2D eigenvalue weighted by Crippen LogP contribution is 2.35. The van der Waals surface area contributed by atoms with Gasteiger partial charge in [0.15, 0.2) is 0 Å². The molecule has 2 aliphatic rings. The van der Waals surface area contributed by atoms with Crippen molar-refractivity contribution in [3.05, 3.63) is 43.0 Å². The lowest BCUT2D eigenvalue weighted by Gasteiger charge is -2.37. The van der Waals surface area contributed by atoms with Gasteiger partial charge >= 0.3 is 0 Å². The van der Waals surface area contributed by atoms with E-state index in [0.717, 1.165) is 17.8 Å². The molecule has 2 atom stereocenters. The van der Waals surface area contributed by atoms with Crippen LogP contribution in [0.4, 0.5) is 5.69 Å². The van der Waals surface area contributed by atoms with Gasteiger partial charge in [0.2, 0.25) is 0 Å². The molecule has 4 heteroatoms. The monoisotopic (exact) mass is 282 g/mol. The van der Waals surface area contributed by atoms with Crippen LogP contribution in [-0.2, 0) is 0 Å². The largest absolute Gasteiger partial charge is 0.382 e. The van der Waals surface area contributed by atoms with Gasteiger partial charge in [-0.25, -0.2) is 4.98 Å². The molecule has 1 aromatic heterocycles. The fourth-order valence-electron chi connectivity index (χ4n) is 3.93. The first kappa shape index (κ1) is 12.9. The summed E-state index contributed by atoms with van der Waals surface area (Å²) in [5.41, 5.74) is 2.38. The normalized spacial score (nSPS) is 28.7. The van der Waals surface area contributed by atoms with Crippen molar-refractivity contribution < 1.29 is 0 Å². The van der Waals surface area contributed by atoms with Crippen LogP contribution in [-0.4, -0.2) is 39.6 Å². The smallest absolute Gasteiger partial charge is 0.0991 e. The molecule has 2 saturated heterocycles. The van der Waals surface area contributed by atoms with Gasteiger partial charge < -0.3 is 14.8 Å². The lowest BCUT2D eigenvalue weighted by Crippen LogP contribution is -2.44. The van der Waals surface area contributed by atoms with Gasteiger partial charge in [0, 0.05) is 41.9 Å². The summed E-state index contributed by atoms with van der Waals surface area (Å²) in [6.45, 7) is 0. The molecule has 110 valence electrons. The van der Waals surface area contributed by atoms with E-state index in [2.05, 4.69) is 46.5 Å². The van der Waals surface area contributed by atoms with Crippen LogP contribution in [0.15, 0.2) is 43.0 Å². The molecule has 1 aromatic carbocycles. The second-order valence-electron chi connectivity index (χ2n) is 6.38. The van der Waals surface area contributed by atoms with Gasteiger partial charge in [-0.15, -0.1) is 0 Å². The van der Waals surface area contributed by atoms with Gasteiger partial charge in [-0.2, -0.15) is 0 Å². The summed E-state index contributed by atoms with van der Waals surface area (Å²) < 4.78 is 2.05. The number of imidazole rings is 1. The molecular formula is C17H22N4. The first-order valence-electron chi connectivity index (χ1n) is 7.86. The van der Waals surface area contributed by atoms with Crippen LogP contribution in [0.25, 0.3) is 5.69 Å². The lowest BCUT2D eigenvalue weighted by molar-refractivity contribution is 0.169. The molecule has 2 aromatic rings. The Bertz CT molecular complexity index is 593. The number of hydrogen-bond acceptors (Lipinski definition) is 3. The van der Waals surface area contributed by atoms with Crippen LogP contribution in [0.1, 0.15) is 25.7 Å². The molecule has 21 heavy (non-hydrogen) atoms. The van der Waals surface area contributed by atoms with E-state index in [1.165, 1.54) is 31.4 Å². The van der Waals surface area contributed by atoms with E-state index < -0.39 is 0 Å². The molecule has 0 spiro atoms. The fraction of sp³-hybridized carbons (Fsp3) is 0.471. The molecule has 2 unspecified atom stereocenters. The Hall–Kier alpha value is -1.81. The summed E-state index contributed by atoms with van der Waals surface area (Å²) in [4.78, 5) is 6.70. The predicted molar refractivity (Wildman–Crippen MR) is 84.8 cm³/mol. The summed E-state index contributed by atoms with van der Waals surface area (Å²) in [6, 6.07) is 10.8. The Labute approximate surface area is 125 Å². The minimum atomic E-state index is 0.608. The maximum absolute atomic E-state index is 4.12. The zero-order valence-corrected chi connectivity index (χ0v) is 12.4. The SMILES string of the molecule is CN1C2CCC1CC(Nc1cccc(-n3ccnc3)c1)C2. The summed E-state index contributed by atoms with van der Waals surface area (Å²) in [7, 11) is 2.29. The van der Waals surface area contributed by atoms with E-state index in [1.54, 1.807) is 0 Å². The number of nitrogens with one attached hydrogen (secondary N) is 1. The van der Waals surface area contributed by atoms with Gasteiger partial charge in [-0.05, 0) is 50.9 Å². The molecule has 2 bridgehead atoms. The predicted octanol–water partition coefficient (Wildman–Crippen LogP) is 2.91. The number of anilines is 1. The van der Waals surface area contributed by atoms with Crippen molar-refractivity contribution in [2.45, 2.75) is 43.8 Å². The third-order valence-electron chi connectivity index (χ3n) is 5.12. The zero-order valence-electron chi connectivity index (χ0n) is 12.4. The van der Waals surface area contributed by atoms with E-state index in [9.17, 15) is 0 Å². The van der Waals surface area contributed by atoms with Crippen molar-refractivity contribution in [1.29, 1.82) is 0 Å². The first-order valence-corrected chi connectivity index (χ1v) is 7.86. The van der Waals surface area contributed by atoms with Gasteiger partial charge in [-0.1, -0.05) is 6.07 Å². The molecule has 2 fully saturated rings. The summed E-state index contributed by atoms with van der Waals surface area (Å²) in [6.07, 6.45) is 10.9. The maximum Gasteiger partial charge on any atom is 0.0991 e. The van der Waals surface area contributed by atoms with Gasteiger partial charge in [0.1, 0.15) is 0 Å². The average molecular weight is 282 g/mol. The molecule has 3 heterocycles. The number of aromatic nitrogens is 2. The third kappa shape index (κ3) is 2.44. The van der Waals surface area contributed by atoms with E-state index >= 15 is 0 Å². The number of hydrogen-bond donors (Lipinski definition) is 1.